The Morgan fingerprint density at radius 2 is 0.575 bits per heavy atom. The number of amides is 4. The monoisotopic (exact) mass is 1640 g/mol. The Kier molecular flexibility index (Phi) is 29.7. The van der Waals surface area contributed by atoms with Crippen LogP contribution in [0.15, 0.2) is 249 Å². The summed E-state index contributed by atoms with van der Waals surface area (Å²) in [5.41, 5.74) is 3.78. The maximum Gasteiger partial charge on any atom is 0.255 e. The Hall–Kier alpha value is -17.1. The first kappa shape index (κ1) is 86.8. The van der Waals surface area contributed by atoms with Crippen molar-refractivity contribution in [2.75, 3.05) is 23.7 Å². The number of ether oxygens (including phenoxy) is 4. The van der Waals surface area contributed by atoms with Crippen LogP contribution in [0.5, 0.6) is 161 Å². The number of nitrogens with one attached hydrogen (secondary N) is 4. The van der Waals surface area contributed by atoms with Gasteiger partial charge in [-0.05, 0) is 212 Å². The molecule has 0 aliphatic carbocycles. The molecule has 120 heavy (non-hydrogen) atoms. The predicted molar refractivity (Wildman–Crippen MR) is 432 cm³/mol. The van der Waals surface area contributed by atoms with E-state index in [-0.39, 0.29) is 173 Å². The number of pyridine rings is 1. The summed E-state index contributed by atoms with van der Waals surface area (Å²) in [5, 5.41) is 198. The minimum absolute atomic E-state index is 0.124. The average Bonchev–Trinajstić information content (AvgIpc) is 0.842. The third-order valence-corrected chi connectivity index (χ3v) is 16.5. The molecule has 24 N–H and O–H groups in total. The van der Waals surface area contributed by atoms with Crippen LogP contribution >= 0.6 is 0 Å². The third-order valence-electron chi connectivity index (χ3n) is 16.5. The van der Waals surface area contributed by atoms with Crippen LogP contribution in [0.1, 0.15) is 54.2 Å². The molecule has 0 aliphatic heterocycles. The van der Waals surface area contributed by atoms with Crippen molar-refractivity contribution in [1.29, 1.82) is 0 Å². The van der Waals surface area contributed by atoms with Crippen LogP contribution in [-0.4, -0.2) is 144 Å². The minimum Gasteiger partial charge on any atom is -0.504 e. The van der Waals surface area contributed by atoms with Crippen LogP contribution in [0.2, 0.25) is 0 Å². The van der Waals surface area contributed by atoms with E-state index >= 15 is 0 Å². The van der Waals surface area contributed by atoms with Gasteiger partial charge in [-0.15, -0.1) is 0 Å². The van der Waals surface area contributed by atoms with Gasteiger partial charge in [0, 0.05) is 78.3 Å². The van der Waals surface area contributed by atoms with Gasteiger partial charge in [0.1, 0.15) is 28.7 Å². The number of carbonyl (C=O) groups is 4. The highest BCUT2D eigenvalue weighted by Crippen LogP contribution is 2.39. The number of hydrogen-bond acceptors (Lipinski definition) is 29. The van der Waals surface area contributed by atoms with Crippen molar-refractivity contribution in [2.45, 2.75) is 25.7 Å². The van der Waals surface area contributed by atoms with E-state index in [4.69, 9.17) is 18.9 Å². The molecule has 1 aromatic heterocycles. The second kappa shape index (κ2) is 41.1. The van der Waals surface area contributed by atoms with E-state index in [1.807, 2.05) is 0 Å². The third kappa shape index (κ3) is 26.0. The second-order valence-corrected chi connectivity index (χ2v) is 25.4. The molecule has 0 aliphatic rings. The Morgan fingerprint density at radius 3 is 0.967 bits per heavy atom. The van der Waals surface area contributed by atoms with Gasteiger partial charge in [-0.25, -0.2) is 0 Å². The van der Waals surface area contributed by atoms with E-state index in [2.05, 4.69) is 26.3 Å². The van der Waals surface area contributed by atoms with Crippen molar-refractivity contribution in [2.24, 2.45) is 0 Å². The molecule has 0 unspecified atom stereocenters. The van der Waals surface area contributed by atoms with Crippen LogP contribution in [-0.2, 0) is 24.1 Å². The zero-order chi connectivity index (χ0) is 86.7. The summed E-state index contributed by atoms with van der Waals surface area (Å²) in [7, 11) is 0. The standard InChI is InChI=1S/2C19H15NO6.C17H13NO6.C17H19NO5.C15H15NO5/c21-15-7-1-11(9-17(15)23)19(25)20-12-2-4-13(5-3-12)26-14-6-8-16(22)18(24)10-14;21-14-7-5-11(9-16(14)23)19(25)20-13-3-1-2-4-18(13)26-12-6-8-15(22)17(24)10-12;19-12-6-4-10(8-14(12)21)23-16-2-1-3-17(18-16)24-11-5-7-13(20)15(22)9-11;19-13-4-1-11(9-15(13)21)3-6-17(23)18-8-7-12-2-5-14(20)16(22)10-12;17-11-3-1-9(7-13(11)19)5-6-16-15(21)10-2-4-12(18)14(20)8-10/h2*1-10,21-24H,(H,20,25);1-9,19-22H;1-2,4-5,9-10,19-22H,3,6-8H2,(H,18,23);1-4,7-8,17-20H,5-6H2,(H,16,21). The maximum atomic E-state index is 12.3. The average molecular weight is 1640 g/mol. The lowest BCUT2D eigenvalue weighted by molar-refractivity contribution is -0.121. The first-order chi connectivity index (χ1) is 57.3. The summed E-state index contributed by atoms with van der Waals surface area (Å²) in [5.74, 6) is -4.49. The van der Waals surface area contributed by atoms with Gasteiger partial charge < -0.3 is 142 Å². The number of carbonyl (C=O) groups excluding carboxylic acids is 4. The number of nitrogens with zero attached hydrogens (tertiary/aromatic N) is 1. The lowest BCUT2D eigenvalue weighted by Crippen LogP contribution is -2.25. The topological polar surface area (TPSA) is 571 Å². The Balaban J connectivity index is 0.000000171. The van der Waals surface area contributed by atoms with Gasteiger partial charge in [-0.2, -0.15) is 4.98 Å². The Bertz CT molecular complexity index is 5720. The smallest absolute Gasteiger partial charge is 0.255 e. The van der Waals surface area contributed by atoms with Crippen LogP contribution in [0.25, 0.3) is 0 Å². The first-order valence-corrected chi connectivity index (χ1v) is 35.5. The van der Waals surface area contributed by atoms with Crippen molar-refractivity contribution >= 4 is 35.0 Å². The van der Waals surface area contributed by atoms with E-state index in [0.717, 1.165) is 22.8 Å². The molecular weight excluding hydrogens is 1560 g/mol. The Morgan fingerprint density at radius 1 is 0.258 bits per heavy atom. The number of anilines is 2. The molecule has 0 atom stereocenters. The molecule has 0 spiro atoms. The van der Waals surface area contributed by atoms with E-state index < -0.39 is 17.6 Å². The van der Waals surface area contributed by atoms with E-state index in [1.165, 1.54) is 158 Å². The molecule has 0 bridgehead atoms. The number of aromatic nitrogens is 1. The number of aryl methyl sites for hydroxylation is 1. The first-order valence-electron chi connectivity index (χ1n) is 35.5. The molecule has 618 valence electrons. The van der Waals surface area contributed by atoms with Gasteiger partial charge in [0.2, 0.25) is 17.7 Å². The summed E-state index contributed by atoms with van der Waals surface area (Å²) in [6.45, 7) is 0.745. The highest BCUT2D eigenvalue weighted by atomic mass is 16.5. The van der Waals surface area contributed by atoms with Crippen LogP contribution in [0.3, 0.4) is 0 Å². The van der Waals surface area contributed by atoms with Gasteiger partial charge in [-0.3, -0.25) is 19.2 Å². The largest absolute Gasteiger partial charge is 0.504 e. The van der Waals surface area contributed by atoms with Gasteiger partial charge in [0.15, 0.2) is 121 Å². The zero-order valence-corrected chi connectivity index (χ0v) is 62.6. The van der Waals surface area contributed by atoms with Gasteiger partial charge in [0.05, 0.1) is 5.69 Å². The van der Waals surface area contributed by atoms with Crippen LogP contribution in [0, 0.1) is 0 Å². The molecular formula is C87H77N5O28. The molecule has 12 aromatic carbocycles. The fourth-order valence-electron chi connectivity index (χ4n) is 10.2. The normalized spacial score (nSPS) is 10.3. The lowest BCUT2D eigenvalue weighted by Gasteiger charge is -2.13. The fraction of sp³-hybridized carbons (Fsp3) is 0.0690. The molecule has 0 fully saturated rings. The van der Waals surface area contributed by atoms with Gasteiger partial charge in [0.25, 0.3) is 17.7 Å². The number of para-hydroxylation sites is 2. The van der Waals surface area contributed by atoms with Crippen molar-refractivity contribution in [3.8, 4) is 161 Å². The Labute approximate surface area is 680 Å². The predicted octanol–water partition coefficient (Wildman–Crippen LogP) is 13.9. The zero-order valence-electron chi connectivity index (χ0n) is 62.6. The SMILES string of the molecule is O=C(CCc1ccc(O)c(O)c1)NCCc1ccc(O)c(O)c1.O=C(NCCc1ccc(O)c(O)c1)c1ccc(O)c(O)c1.O=C(Nc1ccc(Oc2ccc(O)c(O)c2)cc1)c1ccc(O)c(O)c1.O=C(Nc1ccccc1Oc1ccc(O)c(O)c1)c1ccc(O)c(O)c1.Oc1ccc(Oc2cccc(Oc3ccc(O)c(O)c3)n2)cc1O. The van der Waals surface area contributed by atoms with E-state index in [9.17, 15) is 121 Å². The number of aromatic hydroxyl groups is 20. The molecule has 0 saturated carbocycles. The molecule has 33 nitrogen and oxygen atoms in total. The highest BCUT2D eigenvalue weighted by molar-refractivity contribution is 6.06. The van der Waals surface area contributed by atoms with E-state index in [1.54, 1.807) is 84.9 Å². The summed E-state index contributed by atoms with van der Waals surface area (Å²) in [4.78, 5) is 52.2. The molecule has 1 heterocycles. The quantitative estimate of drug-likeness (QED) is 0.0280. The number of rotatable bonds is 22. The van der Waals surface area contributed by atoms with E-state index in [0.29, 0.717) is 61.0 Å². The van der Waals surface area contributed by atoms with Crippen molar-refractivity contribution in [3.05, 3.63) is 282 Å². The number of benzene rings is 12. The second-order valence-electron chi connectivity index (χ2n) is 25.4. The number of phenols is 20. The highest BCUT2D eigenvalue weighted by Gasteiger charge is 2.17. The van der Waals surface area contributed by atoms with Crippen molar-refractivity contribution in [3.63, 3.8) is 0 Å². The summed E-state index contributed by atoms with van der Waals surface area (Å²) >= 11 is 0. The van der Waals surface area contributed by atoms with Crippen molar-refractivity contribution < 1.29 is 140 Å². The van der Waals surface area contributed by atoms with Gasteiger partial charge in [-0.1, -0.05) is 36.4 Å². The summed E-state index contributed by atoms with van der Waals surface area (Å²) in [6.07, 6.45) is 1.74. The molecule has 33 heteroatoms. The van der Waals surface area contributed by atoms with Gasteiger partial charge >= 0.3 is 0 Å². The molecule has 4 amide bonds. The molecule has 13 rings (SSSR count). The lowest BCUT2D eigenvalue weighted by atomic mass is 10.1. The van der Waals surface area contributed by atoms with Crippen LogP contribution < -0.4 is 40.2 Å². The fourth-order valence-corrected chi connectivity index (χ4v) is 10.2. The minimum atomic E-state index is -0.509. The number of hydrogen-bond donors (Lipinski definition) is 24. The molecule has 0 radical (unpaired) electrons. The molecule has 13 aromatic rings. The van der Waals surface area contributed by atoms with Crippen LogP contribution in [0.4, 0.5) is 11.4 Å². The molecule has 0 saturated heterocycles. The van der Waals surface area contributed by atoms with Crippen molar-refractivity contribution in [1.82, 2.24) is 15.6 Å². The number of phenolic OH excluding ortho intramolecular Hbond substituents is 20. The maximum absolute atomic E-state index is 12.3. The summed E-state index contributed by atoms with van der Waals surface area (Å²) in [6, 6.07) is 58.9. The summed E-state index contributed by atoms with van der Waals surface area (Å²) < 4.78 is 22.2.